The van der Waals surface area contributed by atoms with Crippen molar-refractivity contribution in [3.63, 3.8) is 0 Å². The van der Waals surface area contributed by atoms with Gasteiger partial charge in [0.2, 0.25) is 11.8 Å². The minimum Gasteiger partial charge on any atom is -0.354 e. The number of hydrogen-bond donors (Lipinski definition) is 2. The lowest BCUT2D eigenvalue weighted by Crippen LogP contribution is -2.46. The van der Waals surface area contributed by atoms with E-state index < -0.39 is 5.41 Å². The number of amides is 2. The molecule has 1 aliphatic heterocycles. The summed E-state index contributed by atoms with van der Waals surface area (Å²) in [5.74, 6) is -0.230. The molecular formula is C12H17N3O2. The van der Waals surface area contributed by atoms with Gasteiger partial charge in [-0.05, 0) is 12.8 Å². The Labute approximate surface area is 101 Å². The molecule has 0 aromatic rings. The highest BCUT2D eigenvalue weighted by Crippen LogP contribution is 2.36. The van der Waals surface area contributed by atoms with Gasteiger partial charge < -0.3 is 10.6 Å². The monoisotopic (exact) mass is 235 g/mol. The number of hydrogen-bond acceptors (Lipinski definition) is 3. The molecule has 1 unspecified atom stereocenters. The van der Waals surface area contributed by atoms with Gasteiger partial charge in [0.25, 0.3) is 0 Å². The van der Waals surface area contributed by atoms with E-state index in [2.05, 4.69) is 16.7 Å². The molecular weight excluding hydrogens is 218 g/mol. The maximum absolute atomic E-state index is 12.1. The Morgan fingerprint density at radius 1 is 1.41 bits per heavy atom. The van der Waals surface area contributed by atoms with Crippen molar-refractivity contribution in [2.24, 2.45) is 5.41 Å². The molecule has 1 atom stereocenters. The maximum atomic E-state index is 12.1. The Balaban J connectivity index is 1.98. The topological polar surface area (TPSA) is 82.0 Å². The molecule has 0 radical (unpaired) electrons. The summed E-state index contributed by atoms with van der Waals surface area (Å²) < 4.78 is 0. The first-order chi connectivity index (χ1) is 8.16. The molecule has 5 nitrogen and oxygen atoms in total. The summed E-state index contributed by atoms with van der Waals surface area (Å²) in [7, 11) is 0. The first-order valence-electron chi connectivity index (χ1n) is 6.15. The third-order valence-electron chi connectivity index (χ3n) is 3.67. The zero-order valence-corrected chi connectivity index (χ0v) is 9.79. The fourth-order valence-electron chi connectivity index (χ4n) is 2.58. The molecule has 5 heteroatoms. The highest BCUT2D eigenvalue weighted by molar-refractivity contribution is 5.87. The van der Waals surface area contributed by atoms with Gasteiger partial charge in [-0.1, -0.05) is 19.3 Å². The number of carbonyl (C=O) groups is 2. The molecule has 2 fully saturated rings. The lowest BCUT2D eigenvalue weighted by Gasteiger charge is -2.30. The third kappa shape index (κ3) is 2.41. The highest BCUT2D eigenvalue weighted by Gasteiger charge is 2.41. The Kier molecular flexibility index (Phi) is 3.32. The molecule has 1 heterocycles. The Hall–Kier alpha value is -1.57. The highest BCUT2D eigenvalue weighted by atomic mass is 16.2. The number of nitrogens with one attached hydrogen (secondary N) is 2. The normalized spacial score (nSPS) is 27.0. The van der Waals surface area contributed by atoms with Gasteiger partial charge in [0.1, 0.15) is 5.41 Å². The molecule has 0 aromatic heterocycles. The Morgan fingerprint density at radius 3 is 2.65 bits per heavy atom. The first kappa shape index (κ1) is 11.9. The second-order valence-electron chi connectivity index (χ2n) is 4.93. The summed E-state index contributed by atoms with van der Waals surface area (Å²) in [6.07, 6.45) is 4.58. The van der Waals surface area contributed by atoms with E-state index in [1.165, 1.54) is 0 Å². The molecule has 1 saturated heterocycles. The van der Waals surface area contributed by atoms with E-state index in [0.717, 1.165) is 19.3 Å². The smallest absolute Gasteiger partial charge is 0.240 e. The number of nitriles is 1. The van der Waals surface area contributed by atoms with Crippen LogP contribution in [0.25, 0.3) is 0 Å². The molecule has 17 heavy (non-hydrogen) atoms. The maximum Gasteiger partial charge on any atom is 0.240 e. The zero-order chi connectivity index (χ0) is 12.3. The predicted octanol–water partition coefficient (Wildman–Crippen LogP) is 0.465. The fourth-order valence-corrected chi connectivity index (χ4v) is 2.58. The minimum atomic E-state index is -0.857. The summed E-state index contributed by atoms with van der Waals surface area (Å²) >= 11 is 0. The molecule has 2 N–H and O–H groups in total. The van der Waals surface area contributed by atoms with Crippen molar-refractivity contribution < 1.29 is 9.59 Å². The van der Waals surface area contributed by atoms with Crippen molar-refractivity contribution in [1.29, 1.82) is 5.26 Å². The van der Waals surface area contributed by atoms with E-state index in [0.29, 0.717) is 25.8 Å². The summed E-state index contributed by atoms with van der Waals surface area (Å²) in [6.45, 7) is 0.478. The molecule has 0 aromatic carbocycles. The zero-order valence-electron chi connectivity index (χ0n) is 9.79. The largest absolute Gasteiger partial charge is 0.354 e. The van der Waals surface area contributed by atoms with E-state index in [4.69, 9.17) is 0 Å². The van der Waals surface area contributed by atoms with E-state index >= 15 is 0 Å². The van der Waals surface area contributed by atoms with Gasteiger partial charge in [0.05, 0.1) is 12.1 Å². The van der Waals surface area contributed by atoms with Crippen LogP contribution in [0.1, 0.15) is 38.5 Å². The second kappa shape index (κ2) is 4.74. The third-order valence-corrected chi connectivity index (χ3v) is 3.67. The van der Waals surface area contributed by atoms with Crippen molar-refractivity contribution >= 4 is 11.8 Å². The molecule has 2 amide bonds. The van der Waals surface area contributed by atoms with Crippen LogP contribution in [0.5, 0.6) is 0 Å². The van der Waals surface area contributed by atoms with Gasteiger partial charge in [-0.3, -0.25) is 9.59 Å². The van der Waals surface area contributed by atoms with Crippen LogP contribution in [0.15, 0.2) is 0 Å². The van der Waals surface area contributed by atoms with Crippen molar-refractivity contribution in [2.45, 2.75) is 44.6 Å². The SMILES string of the molecule is N#CC1(C(=O)NC2CNC(=O)C2)CCCCC1. The molecule has 1 saturated carbocycles. The van der Waals surface area contributed by atoms with Crippen LogP contribution in [0.3, 0.4) is 0 Å². The summed E-state index contributed by atoms with van der Waals surface area (Å²) in [6, 6.07) is 2.03. The second-order valence-corrected chi connectivity index (χ2v) is 4.93. The molecule has 0 spiro atoms. The van der Waals surface area contributed by atoms with Crippen molar-refractivity contribution in [1.82, 2.24) is 10.6 Å². The molecule has 2 rings (SSSR count). The van der Waals surface area contributed by atoms with E-state index in [9.17, 15) is 14.9 Å². The first-order valence-corrected chi connectivity index (χ1v) is 6.15. The summed E-state index contributed by atoms with van der Waals surface area (Å²) in [4.78, 5) is 23.2. The van der Waals surface area contributed by atoms with Gasteiger partial charge >= 0.3 is 0 Å². The van der Waals surface area contributed by atoms with Gasteiger partial charge in [0.15, 0.2) is 0 Å². The molecule has 2 aliphatic rings. The molecule has 92 valence electrons. The van der Waals surface area contributed by atoms with Gasteiger partial charge in [-0.25, -0.2) is 0 Å². The van der Waals surface area contributed by atoms with E-state index in [1.54, 1.807) is 0 Å². The predicted molar refractivity (Wildman–Crippen MR) is 60.7 cm³/mol. The Bertz CT molecular complexity index is 366. The standard InChI is InChI=1S/C12H17N3O2/c13-8-12(4-2-1-3-5-12)11(17)15-9-6-10(16)14-7-9/h9H,1-7H2,(H,14,16)(H,15,17). The van der Waals surface area contributed by atoms with E-state index in [1.807, 2.05) is 0 Å². The number of rotatable bonds is 2. The average Bonchev–Trinajstić information content (AvgIpc) is 2.75. The van der Waals surface area contributed by atoms with Gasteiger partial charge in [-0.2, -0.15) is 5.26 Å². The molecule has 0 bridgehead atoms. The molecule has 1 aliphatic carbocycles. The van der Waals surface area contributed by atoms with Crippen LogP contribution >= 0.6 is 0 Å². The summed E-state index contributed by atoms with van der Waals surface area (Å²) in [5, 5.41) is 14.7. The lowest BCUT2D eigenvalue weighted by atomic mass is 9.74. The van der Waals surface area contributed by atoms with Crippen LogP contribution in [0.4, 0.5) is 0 Å². The average molecular weight is 235 g/mol. The van der Waals surface area contributed by atoms with Crippen molar-refractivity contribution in [3.8, 4) is 6.07 Å². The van der Waals surface area contributed by atoms with Gasteiger partial charge in [0, 0.05) is 13.0 Å². The van der Waals surface area contributed by atoms with Crippen LogP contribution in [0.2, 0.25) is 0 Å². The Morgan fingerprint density at radius 2 is 2.12 bits per heavy atom. The van der Waals surface area contributed by atoms with E-state index in [-0.39, 0.29) is 17.9 Å². The van der Waals surface area contributed by atoms with Crippen LogP contribution in [-0.2, 0) is 9.59 Å². The van der Waals surface area contributed by atoms with Crippen molar-refractivity contribution in [3.05, 3.63) is 0 Å². The van der Waals surface area contributed by atoms with Crippen molar-refractivity contribution in [2.75, 3.05) is 6.54 Å². The summed E-state index contributed by atoms with van der Waals surface area (Å²) in [5.41, 5.74) is -0.857. The van der Waals surface area contributed by atoms with Gasteiger partial charge in [-0.15, -0.1) is 0 Å². The minimum absolute atomic E-state index is 0.0371. The van der Waals surface area contributed by atoms with Crippen LogP contribution in [0, 0.1) is 16.7 Å². The number of nitrogens with zero attached hydrogens (tertiary/aromatic N) is 1. The van der Waals surface area contributed by atoms with Crippen LogP contribution < -0.4 is 10.6 Å². The number of carbonyl (C=O) groups excluding carboxylic acids is 2. The fraction of sp³-hybridized carbons (Fsp3) is 0.750. The van der Waals surface area contributed by atoms with Crippen LogP contribution in [-0.4, -0.2) is 24.4 Å². The quantitative estimate of drug-likeness (QED) is 0.729. The lowest BCUT2D eigenvalue weighted by molar-refractivity contribution is -0.130.